The predicted molar refractivity (Wildman–Crippen MR) is 56.2 cm³/mol. The fourth-order valence-electron chi connectivity index (χ4n) is 1.22. The molecule has 1 aliphatic rings. The zero-order valence-electron chi connectivity index (χ0n) is 9.25. The maximum absolute atomic E-state index is 11.7. The van der Waals surface area contributed by atoms with Gasteiger partial charge in [0.1, 0.15) is 5.60 Å². The summed E-state index contributed by atoms with van der Waals surface area (Å²) >= 11 is 0. The maximum atomic E-state index is 11.7. The van der Waals surface area contributed by atoms with Crippen molar-refractivity contribution in [2.24, 2.45) is 0 Å². The minimum atomic E-state index is -0.411. The molecule has 0 atom stereocenters. The third-order valence-electron chi connectivity index (χ3n) is 1.94. The van der Waals surface area contributed by atoms with E-state index in [-0.39, 0.29) is 6.09 Å². The van der Waals surface area contributed by atoms with E-state index in [1.54, 1.807) is 11.0 Å². The lowest BCUT2D eigenvalue weighted by Gasteiger charge is -2.26. The zero-order valence-corrected chi connectivity index (χ0v) is 9.25. The van der Waals surface area contributed by atoms with E-state index in [9.17, 15) is 4.79 Å². The van der Waals surface area contributed by atoms with Gasteiger partial charge in [-0.3, -0.25) is 0 Å². The minimum absolute atomic E-state index is 0.222. The number of hydrogen-bond acceptors (Lipinski definition) is 2. The zero-order chi connectivity index (χ0) is 10.8. The Hall–Kier alpha value is -0.990. The number of hydrogen-bond donors (Lipinski definition) is 0. The second-order valence-corrected chi connectivity index (χ2v) is 4.65. The quantitative estimate of drug-likeness (QED) is 0.651. The summed E-state index contributed by atoms with van der Waals surface area (Å²) in [6.45, 7) is 9.86. The summed E-state index contributed by atoms with van der Waals surface area (Å²) in [5.41, 5.74) is -0.411. The van der Waals surface area contributed by atoms with Crippen molar-refractivity contribution in [2.75, 3.05) is 6.54 Å². The Balaban J connectivity index is 2.50. The molecule has 1 aliphatic carbocycles. The molecule has 0 spiro atoms. The van der Waals surface area contributed by atoms with Crippen molar-refractivity contribution in [2.45, 2.75) is 45.3 Å². The average molecular weight is 197 g/mol. The Morgan fingerprint density at radius 3 is 2.50 bits per heavy atom. The molecule has 0 heterocycles. The summed E-state index contributed by atoms with van der Waals surface area (Å²) in [4.78, 5) is 13.4. The topological polar surface area (TPSA) is 29.5 Å². The molecule has 3 nitrogen and oxygen atoms in total. The summed E-state index contributed by atoms with van der Waals surface area (Å²) < 4.78 is 5.29. The van der Waals surface area contributed by atoms with Crippen LogP contribution in [-0.2, 0) is 4.74 Å². The van der Waals surface area contributed by atoms with E-state index >= 15 is 0 Å². The van der Waals surface area contributed by atoms with Crippen LogP contribution in [0.5, 0.6) is 0 Å². The second-order valence-electron chi connectivity index (χ2n) is 4.65. The van der Waals surface area contributed by atoms with Crippen LogP contribution >= 0.6 is 0 Å². The molecule has 0 saturated heterocycles. The van der Waals surface area contributed by atoms with Crippen LogP contribution < -0.4 is 0 Å². The van der Waals surface area contributed by atoms with Crippen LogP contribution in [0.4, 0.5) is 4.79 Å². The molecule has 80 valence electrons. The first kappa shape index (κ1) is 11.1. The number of nitrogens with zero attached hydrogens (tertiary/aromatic N) is 1. The average Bonchev–Trinajstić information content (AvgIpc) is 2.78. The van der Waals surface area contributed by atoms with E-state index in [0.717, 1.165) is 12.8 Å². The number of rotatable bonds is 3. The fourth-order valence-corrected chi connectivity index (χ4v) is 1.22. The molecule has 1 amide bonds. The van der Waals surface area contributed by atoms with Gasteiger partial charge < -0.3 is 9.64 Å². The van der Waals surface area contributed by atoms with Gasteiger partial charge in [-0.25, -0.2) is 4.79 Å². The van der Waals surface area contributed by atoms with Crippen molar-refractivity contribution < 1.29 is 9.53 Å². The lowest BCUT2D eigenvalue weighted by molar-refractivity contribution is 0.0257. The third kappa shape index (κ3) is 3.40. The predicted octanol–water partition coefficient (Wildman–Crippen LogP) is 2.57. The number of amides is 1. The lowest BCUT2D eigenvalue weighted by atomic mass is 10.2. The van der Waals surface area contributed by atoms with Crippen molar-refractivity contribution in [3.05, 3.63) is 12.7 Å². The summed E-state index contributed by atoms with van der Waals surface area (Å²) in [6, 6.07) is 0.378. The van der Waals surface area contributed by atoms with E-state index < -0.39 is 5.60 Å². The van der Waals surface area contributed by atoms with Gasteiger partial charge in [0.15, 0.2) is 0 Å². The van der Waals surface area contributed by atoms with Crippen LogP contribution in [-0.4, -0.2) is 29.2 Å². The van der Waals surface area contributed by atoms with Gasteiger partial charge in [0.25, 0.3) is 0 Å². The van der Waals surface area contributed by atoms with Gasteiger partial charge >= 0.3 is 6.09 Å². The van der Waals surface area contributed by atoms with E-state index in [2.05, 4.69) is 6.58 Å². The lowest BCUT2D eigenvalue weighted by Crippen LogP contribution is -2.38. The molecule has 0 bridgehead atoms. The van der Waals surface area contributed by atoms with Crippen LogP contribution in [0.25, 0.3) is 0 Å². The molecule has 0 radical (unpaired) electrons. The summed E-state index contributed by atoms with van der Waals surface area (Å²) in [6.07, 6.45) is 3.70. The van der Waals surface area contributed by atoms with Crippen LogP contribution in [0.15, 0.2) is 12.7 Å². The smallest absolute Gasteiger partial charge is 0.410 e. The van der Waals surface area contributed by atoms with Gasteiger partial charge in [0.2, 0.25) is 0 Å². The molecule has 0 aromatic carbocycles. The van der Waals surface area contributed by atoms with Crippen LogP contribution in [0.3, 0.4) is 0 Å². The Labute approximate surface area is 85.7 Å². The molecular weight excluding hydrogens is 178 g/mol. The Bertz CT molecular complexity index is 226. The monoisotopic (exact) mass is 197 g/mol. The highest BCUT2D eigenvalue weighted by atomic mass is 16.6. The third-order valence-corrected chi connectivity index (χ3v) is 1.94. The van der Waals surface area contributed by atoms with Crippen LogP contribution in [0.1, 0.15) is 33.6 Å². The van der Waals surface area contributed by atoms with Gasteiger partial charge in [0, 0.05) is 12.6 Å². The van der Waals surface area contributed by atoms with Gasteiger partial charge in [-0.2, -0.15) is 0 Å². The van der Waals surface area contributed by atoms with Gasteiger partial charge in [0.05, 0.1) is 0 Å². The Morgan fingerprint density at radius 1 is 1.57 bits per heavy atom. The van der Waals surface area contributed by atoms with E-state index in [4.69, 9.17) is 4.74 Å². The number of carbonyl (C=O) groups excluding carboxylic acids is 1. The molecule has 14 heavy (non-hydrogen) atoms. The van der Waals surface area contributed by atoms with Crippen molar-refractivity contribution in [3.63, 3.8) is 0 Å². The minimum Gasteiger partial charge on any atom is -0.444 e. The number of carbonyl (C=O) groups is 1. The molecule has 0 aromatic rings. The molecule has 0 aromatic heterocycles. The normalized spacial score (nSPS) is 16.2. The Kier molecular flexibility index (Phi) is 3.19. The van der Waals surface area contributed by atoms with Gasteiger partial charge in [-0.15, -0.1) is 6.58 Å². The molecule has 0 unspecified atom stereocenters. The maximum Gasteiger partial charge on any atom is 0.410 e. The van der Waals surface area contributed by atoms with E-state index in [0.29, 0.717) is 12.6 Å². The highest BCUT2D eigenvalue weighted by Gasteiger charge is 2.34. The highest BCUT2D eigenvalue weighted by molar-refractivity contribution is 5.69. The van der Waals surface area contributed by atoms with E-state index in [1.807, 2.05) is 20.8 Å². The molecule has 0 N–H and O–H groups in total. The Morgan fingerprint density at radius 2 is 2.14 bits per heavy atom. The number of ether oxygens (including phenoxy) is 1. The SMILES string of the molecule is C=CCN(C(=O)OC(C)(C)C)C1CC1. The van der Waals surface area contributed by atoms with E-state index in [1.165, 1.54) is 0 Å². The molecule has 1 fully saturated rings. The van der Waals surface area contributed by atoms with Gasteiger partial charge in [-0.1, -0.05) is 6.08 Å². The molecule has 1 rings (SSSR count). The van der Waals surface area contributed by atoms with Crippen molar-refractivity contribution in [1.29, 1.82) is 0 Å². The van der Waals surface area contributed by atoms with Crippen LogP contribution in [0, 0.1) is 0 Å². The first-order valence-electron chi connectivity index (χ1n) is 5.04. The fraction of sp³-hybridized carbons (Fsp3) is 0.727. The van der Waals surface area contributed by atoms with Crippen molar-refractivity contribution >= 4 is 6.09 Å². The first-order chi connectivity index (χ1) is 6.44. The largest absolute Gasteiger partial charge is 0.444 e. The van der Waals surface area contributed by atoms with Gasteiger partial charge in [-0.05, 0) is 33.6 Å². The summed E-state index contributed by atoms with van der Waals surface area (Å²) in [5, 5.41) is 0. The second kappa shape index (κ2) is 4.03. The standard InChI is InChI=1S/C11H19NO2/c1-5-8-12(9-6-7-9)10(13)14-11(2,3)4/h5,9H,1,6-8H2,2-4H3. The van der Waals surface area contributed by atoms with Crippen molar-refractivity contribution in [3.8, 4) is 0 Å². The first-order valence-corrected chi connectivity index (χ1v) is 5.04. The highest BCUT2D eigenvalue weighted by Crippen LogP contribution is 2.28. The van der Waals surface area contributed by atoms with Crippen molar-refractivity contribution in [1.82, 2.24) is 4.90 Å². The molecular formula is C11H19NO2. The van der Waals surface area contributed by atoms with Crippen LogP contribution in [0.2, 0.25) is 0 Å². The summed E-state index contributed by atoms with van der Waals surface area (Å²) in [5.74, 6) is 0. The molecule has 1 saturated carbocycles. The molecule has 0 aliphatic heterocycles. The summed E-state index contributed by atoms with van der Waals surface area (Å²) in [7, 11) is 0. The molecule has 3 heteroatoms.